The molecule has 2 aromatic carbocycles. The molecule has 0 radical (unpaired) electrons. The highest BCUT2D eigenvalue weighted by Gasteiger charge is 2.21. The molecular weight excluding hydrogens is 398 g/mol. The molecule has 0 aliphatic heterocycles. The van der Waals surface area contributed by atoms with Crippen LogP contribution in [0.25, 0.3) is 0 Å². The topological polar surface area (TPSA) is 81.4 Å². The summed E-state index contributed by atoms with van der Waals surface area (Å²) in [5.41, 5.74) is 5.64. The lowest BCUT2D eigenvalue weighted by Gasteiger charge is -2.16. The lowest BCUT2D eigenvalue weighted by molar-refractivity contribution is 0.0931. The van der Waals surface area contributed by atoms with Crippen LogP contribution in [0.1, 0.15) is 34.5 Å². The van der Waals surface area contributed by atoms with E-state index in [1.807, 2.05) is 12.1 Å². The maximum atomic E-state index is 13.6. The SMILES string of the molecule is CC(OC(N)=O)c1cc(F)c(F)cc1C(=O)NCc1ccc(Br)cc1. The number of hydrogen-bond acceptors (Lipinski definition) is 3. The molecule has 0 saturated carbocycles. The Morgan fingerprint density at radius 1 is 1.20 bits per heavy atom. The number of nitrogens with two attached hydrogens (primary N) is 1. The number of amides is 2. The summed E-state index contributed by atoms with van der Waals surface area (Å²) in [6.07, 6.45) is -2.10. The Hall–Kier alpha value is -2.48. The van der Waals surface area contributed by atoms with E-state index >= 15 is 0 Å². The molecule has 25 heavy (non-hydrogen) atoms. The van der Waals surface area contributed by atoms with Crippen LogP contribution < -0.4 is 11.1 Å². The summed E-state index contributed by atoms with van der Waals surface area (Å²) in [7, 11) is 0. The number of benzene rings is 2. The van der Waals surface area contributed by atoms with Gasteiger partial charge in [0.2, 0.25) is 0 Å². The molecule has 2 aromatic rings. The van der Waals surface area contributed by atoms with Crippen molar-refractivity contribution in [2.75, 3.05) is 0 Å². The van der Waals surface area contributed by atoms with Gasteiger partial charge in [-0.2, -0.15) is 0 Å². The Bertz CT molecular complexity index is 797. The van der Waals surface area contributed by atoms with E-state index in [2.05, 4.69) is 21.2 Å². The minimum atomic E-state index is -1.18. The second-order valence-electron chi connectivity index (χ2n) is 5.24. The molecule has 5 nitrogen and oxygen atoms in total. The third-order valence-electron chi connectivity index (χ3n) is 3.43. The summed E-state index contributed by atoms with van der Waals surface area (Å²) in [6, 6.07) is 8.81. The standard InChI is InChI=1S/C17H15BrF2N2O3/c1-9(25-17(21)24)12-6-14(19)15(20)7-13(12)16(23)22-8-10-2-4-11(18)5-3-10/h2-7,9H,8H2,1H3,(H2,21,24)(H,22,23). The number of hydrogen-bond donors (Lipinski definition) is 2. The maximum absolute atomic E-state index is 13.6. The van der Waals surface area contributed by atoms with Crippen molar-refractivity contribution in [1.29, 1.82) is 0 Å². The van der Waals surface area contributed by atoms with Crippen molar-refractivity contribution < 1.29 is 23.1 Å². The monoisotopic (exact) mass is 412 g/mol. The van der Waals surface area contributed by atoms with Crippen LogP contribution in [0.15, 0.2) is 40.9 Å². The van der Waals surface area contributed by atoms with Gasteiger partial charge in [-0.05, 0) is 36.8 Å². The van der Waals surface area contributed by atoms with Crippen molar-refractivity contribution in [3.8, 4) is 0 Å². The van der Waals surface area contributed by atoms with Gasteiger partial charge in [-0.25, -0.2) is 13.6 Å². The normalized spacial score (nSPS) is 11.7. The lowest BCUT2D eigenvalue weighted by atomic mass is 10.0. The predicted molar refractivity (Wildman–Crippen MR) is 90.8 cm³/mol. The van der Waals surface area contributed by atoms with E-state index in [0.717, 1.165) is 22.2 Å². The van der Waals surface area contributed by atoms with Gasteiger partial charge in [0.25, 0.3) is 5.91 Å². The molecule has 0 aliphatic carbocycles. The minimum Gasteiger partial charge on any atom is -0.442 e. The fourth-order valence-electron chi connectivity index (χ4n) is 2.21. The quantitative estimate of drug-likeness (QED) is 0.782. The van der Waals surface area contributed by atoms with E-state index in [9.17, 15) is 18.4 Å². The lowest BCUT2D eigenvalue weighted by Crippen LogP contribution is -2.26. The molecule has 1 unspecified atom stereocenters. The zero-order chi connectivity index (χ0) is 18.6. The largest absolute Gasteiger partial charge is 0.442 e. The van der Waals surface area contributed by atoms with E-state index in [4.69, 9.17) is 10.5 Å². The van der Waals surface area contributed by atoms with E-state index in [0.29, 0.717) is 0 Å². The average molecular weight is 413 g/mol. The average Bonchev–Trinajstić information content (AvgIpc) is 2.55. The molecule has 0 aromatic heterocycles. The molecule has 132 valence electrons. The molecule has 0 fully saturated rings. The summed E-state index contributed by atoms with van der Waals surface area (Å²) >= 11 is 3.31. The number of carbonyl (C=O) groups is 2. The molecule has 0 spiro atoms. The first-order chi connectivity index (χ1) is 11.8. The van der Waals surface area contributed by atoms with Crippen molar-refractivity contribution in [3.63, 3.8) is 0 Å². The van der Waals surface area contributed by atoms with Crippen LogP contribution in [0.2, 0.25) is 0 Å². The van der Waals surface area contributed by atoms with Gasteiger partial charge in [-0.15, -0.1) is 0 Å². The molecule has 3 N–H and O–H groups in total. The molecule has 0 heterocycles. The van der Waals surface area contributed by atoms with Crippen LogP contribution in [-0.4, -0.2) is 12.0 Å². The smallest absolute Gasteiger partial charge is 0.405 e. The number of rotatable bonds is 5. The number of halogens is 3. The molecule has 0 bridgehead atoms. The van der Waals surface area contributed by atoms with Crippen LogP contribution in [0.3, 0.4) is 0 Å². The van der Waals surface area contributed by atoms with Gasteiger partial charge >= 0.3 is 6.09 Å². The summed E-state index contributed by atoms with van der Waals surface area (Å²) in [5.74, 6) is -2.96. The van der Waals surface area contributed by atoms with E-state index in [-0.39, 0.29) is 17.7 Å². The van der Waals surface area contributed by atoms with Crippen LogP contribution in [0.4, 0.5) is 13.6 Å². The molecule has 2 rings (SSSR count). The van der Waals surface area contributed by atoms with E-state index in [1.54, 1.807) is 12.1 Å². The molecule has 0 aliphatic rings. The second-order valence-corrected chi connectivity index (χ2v) is 6.16. The number of primary amides is 1. The Morgan fingerprint density at radius 2 is 1.80 bits per heavy atom. The fraction of sp³-hybridized carbons (Fsp3) is 0.176. The molecule has 2 amide bonds. The maximum Gasteiger partial charge on any atom is 0.405 e. The Kier molecular flexibility index (Phi) is 6.08. The van der Waals surface area contributed by atoms with Gasteiger partial charge in [0.1, 0.15) is 6.10 Å². The zero-order valence-corrected chi connectivity index (χ0v) is 14.8. The van der Waals surface area contributed by atoms with Gasteiger partial charge < -0.3 is 15.8 Å². The summed E-state index contributed by atoms with van der Waals surface area (Å²) in [6.45, 7) is 1.60. The van der Waals surface area contributed by atoms with Crippen molar-refractivity contribution in [3.05, 3.63) is 69.2 Å². The Balaban J connectivity index is 2.23. The first-order valence-corrected chi connectivity index (χ1v) is 8.05. The van der Waals surface area contributed by atoms with Crippen LogP contribution in [0, 0.1) is 11.6 Å². The Morgan fingerprint density at radius 3 is 2.40 bits per heavy atom. The van der Waals surface area contributed by atoms with Crippen LogP contribution in [-0.2, 0) is 11.3 Å². The van der Waals surface area contributed by atoms with Gasteiger partial charge in [0.05, 0.1) is 0 Å². The third kappa shape index (κ3) is 4.99. The van der Waals surface area contributed by atoms with Crippen LogP contribution in [0.5, 0.6) is 0 Å². The van der Waals surface area contributed by atoms with Gasteiger partial charge in [0, 0.05) is 22.1 Å². The van der Waals surface area contributed by atoms with Crippen molar-refractivity contribution in [2.24, 2.45) is 5.73 Å². The molecule has 1 atom stereocenters. The predicted octanol–water partition coefficient (Wildman–Crippen LogP) is 3.81. The number of ether oxygens (including phenoxy) is 1. The zero-order valence-electron chi connectivity index (χ0n) is 13.2. The Labute approximate surface area is 151 Å². The first kappa shape index (κ1) is 18.9. The van der Waals surface area contributed by atoms with Crippen LogP contribution >= 0.6 is 15.9 Å². The van der Waals surface area contributed by atoms with Crippen molar-refractivity contribution >= 4 is 27.9 Å². The van der Waals surface area contributed by atoms with E-state index < -0.39 is 29.7 Å². The van der Waals surface area contributed by atoms with Gasteiger partial charge in [-0.1, -0.05) is 28.1 Å². The first-order valence-electron chi connectivity index (χ1n) is 7.25. The van der Waals surface area contributed by atoms with Crippen molar-refractivity contribution in [2.45, 2.75) is 19.6 Å². The highest BCUT2D eigenvalue weighted by atomic mass is 79.9. The fourth-order valence-corrected chi connectivity index (χ4v) is 2.48. The van der Waals surface area contributed by atoms with Gasteiger partial charge in [0.15, 0.2) is 11.6 Å². The molecular formula is C17H15BrF2N2O3. The number of nitrogens with one attached hydrogen (secondary N) is 1. The summed E-state index contributed by atoms with van der Waals surface area (Å²) in [4.78, 5) is 23.3. The van der Waals surface area contributed by atoms with E-state index in [1.165, 1.54) is 6.92 Å². The highest BCUT2D eigenvalue weighted by Crippen LogP contribution is 2.24. The second kappa shape index (κ2) is 8.06. The van der Waals surface area contributed by atoms with Gasteiger partial charge in [-0.3, -0.25) is 4.79 Å². The number of carbonyl (C=O) groups excluding carboxylic acids is 2. The minimum absolute atomic E-state index is 0.0195. The molecule has 8 heteroatoms. The van der Waals surface area contributed by atoms with Crippen molar-refractivity contribution in [1.82, 2.24) is 5.32 Å². The molecule has 0 saturated heterocycles. The third-order valence-corrected chi connectivity index (χ3v) is 3.96. The summed E-state index contributed by atoms with van der Waals surface area (Å²) in [5, 5.41) is 2.61. The highest BCUT2D eigenvalue weighted by molar-refractivity contribution is 9.10. The summed E-state index contributed by atoms with van der Waals surface area (Å²) < 4.78 is 32.7.